The molecule has 0 aliphatic heterocycles. The minimum Gasteiger partial charge on any atom is -0.465 e. The molecule has 3 aromatic rings. The first-order valence-electron chi connectivity index (χ1n) is 8.33. The van der Waals surface area contributed by atoms with Gasteiger partial charge in [-0.15, -0.1) is 0 Å². The molecule has 7 nitrogen and oxygen atoms in total. The maximum Gasteiger partial charge on any atom is 0.339 e. The van der Waals surface area contributed by atoms with Crippen LogP contribution in [0.5, 0.6) is 0 Å². The highest BCUT2D eigenvalue weighted by Crippen LogP contribution is 2.23. The Bertz CT molecular complexity index is 1080. The number of esters is 1. The molecule has 1 heterocycles. The lowest BCUT2D eigenvalue weighted by Gasteiger charge is -2.09. The van der Waals surface area contributed by atoms with E-state index in [2.05, 4.69) is 15.5 Å². The number of aromatic amines is 1. The number of benzene rings is 2. The largest absolute Gasteiger partial charge is 0.465 e. The summed E-state index contributed by atoms with van der Waals surface area (Å²) < 4.78 is 4.71. The average Bonchev–Trinajstić information content (AvgIpc) is 3.20. The number of nitriles is 1. The fourth-order valence-corrected chi connectivity index (χ4v) is 2.61. The maximum absolute atomic E-state index is 12.6. The molecule has 0 radical (unpaired) electrons. The Hall–Kier alpha value is -4.18. The first-order valence-corrected chi connectivity index (χ1v) is 8.33. The van der Waals surface area contributed by atoms with Gasteiger partial charge in [-0.05, 0) is 18.2 Å². The Labute approximate surface area is 161 Å². The molecule has 0 aliphatic carbocycles. The van der Waals surface area contributed by atoms with E-state index in [1.165, 1.54) is 25.4 Å². The third-order valence-electron chi connectivity index (χ3n) is 3.98. The maximum atomic E-state index is 12.6. The Kier molecular flexibility index (Phi) is 5.63. The topological polar surface area (TPSA) is 108 Å². The molecule has 138 valence electrons. The Morgan fingerprint density at radius 2 is 1.86 bits per heavy atom. The Morgan fingerprint density at radius 1 is 1.14 bits per heavy atom. The zero-order chi connectivity index (χ0) is 19.9. The van der Waals surface area contributed by atoms with E-state index in [1.54, 1.807) is 18.2 Å². The van der Waals surface area contributed by atoms with Crippen LogP contribution in [-0.4, -0.2) is 29.2 Å². The lowest BCUT2D eigenvalue weighted by molar-refractivity contribution is -0.112. The van der Waals surface area contributed by atoms with Crippen LogP contribution in [0, 0.1) is 11.3 Å². The van der Waals surface area contributed by atoms with E-state index in [4.69, 9.17) is 4.74 Å². The van der Waals surface area contributed by atoms with Gasteiger partial charge in [-0.25, -0.2) is 4.79 Å². The van der Waals surface area contributed by atoms with Gasteiger partial charge in [0.1, 0.15) is 11.6 Å². The summed E-state index contributed by atoms with van der Waals surface area (Å²) in [5.41, 5.74) is 2.49. The minimum atomic E-state index is -0.640. The molecule has 1 amide bonds. The molecule has 0 aliphatic rings. The van der Waals surface area contributed by atoms with Crippen LogP contribution in [0.2, 0.25) is 0 Å². The molecule has 2 N–H and O–H groups in total. The molecule has 0 atom stereocenters. The highest BCUT2D eigenvalue weighted by molar-refractivity contribution is 6.12. The molecule has 1 aromatic heterocycles. The van der Waals surface area contributed by atoms with E-state index in [0.717, 1.165) is 5.56 Å². The number of amides is 1. The highest BCUT2D eigenvalue weighted by Gasteiger charge is 2.17. The van der Waals surface area contributed by atoms with Crippen LogP contribution in [0.1, 0.15) is 15.9 Å². The number of ether oxygens (including phenoxy) is 1. The molecule has 0 saturated heterocycles. The number of hydrogen-bond acceptors (Lipinski definition) is 5. The lowest BCUT2D eigenvalue weighted by Crippen LogP contribution is -2.16. The van der Waals surface area contributed by atoms with Crippen molar-refractivity contribution in [1.29, 1.82) is 5.26 Å². The molecule has 0 saturated carbocycles. The summed E-state index contributed by atoms with van der Waals surface area (Å²) in [6.45, 7) is 0. The predicted octanol–water partition coefficient (Wildman–Crippen LogP) is 3.41. The second-order valence-corrected chi connectivity index (χ2v) is 5.73. The number of anilines is 1. The van der Waals surface area contributed by atoms with Gasteiger partial charge in [0.2, 0.25) is 0 Å². The van der Waals surface area contributed by atoms with Crippen LogP contribution in [0.3, 0.4) is 0 Å². The molecular weight excluding hydrogens is 356 g/mol. The number of para-hydroxylation sites is 1. The van der Waals surface area contributed by atoms with Gasteiger partial charge in [0, 0.05) is 11.1 Å². The van der Waals surface area contributed by atoms with Crippen molar-refractivity contribution < 1.29 is 14.3 Å². The molecule has 2 aromatic carbocycles. The Balaban J connectivity index is 1.90. The lowest BCUT2D eigenvalue weighted by atomic mass is 10.1. The summed E-state index contributed by atoms with van der Waals surface area (Å²) in [6.07, 6.45) is 2.98. The van der Waals surface area contributed by atoms with Gasteiger partial charge in [-0.1, -0.05) is 42.5 Å². The second-order valence-electron chi connectivity index (χ2n) is 5.73. The molecule has 0 spiro atoms. The fraction of sp³-hybridized carbons (Fsp3) is 0.0476. The van der Waals surface area contributed by atoms with Crippen molar-refractivity contribution in [3.63, 3.8) is 0 Å². The van der Waals surface area contributed by atoms with Gasteiger partial charge in [-0.2, -0.15) is 10.4 Å². The SMILES string of the molecule is COC(=O)c1ccccc1NC(=O)/C(C#N)=C/c1cn[nH]c1-c1ccccc1. The monoisotopic (exact) mass is 372 g/mol. The van der Waals surface area contributed by atoms with Gasteiger partial charge < -0.3 is 10.1 Å². The third kappa shape index (κ3) is 3.97. The van der Waals surface area contributed by atoms with Crippen LogP contribution >= 0.6 is 0 Å². The van der Waals surface area contributed by atoms with Crippen molar-refractivity contribution in [3.8, 4) is 17.3 Å². The normalized spacial score (nSPS) is 10.8. The van der Waals surface area contributed by atoms with Crippen LogP contribution in [0.15, 0.2) is 66.4 Å². The van der Waals surface area contributed by atoms with E-state index in [-0.39, 0.29) is 16.8 Å². The van der Waals surface area contributed by atoms with Crippen molar-refractivity contribution in [1.82, 2.24) is 10.2 Å². The smallest absolute Gasteiger partial charge is 0.339 e. The number of carbonyl (C=O) groups is 2. The van der Waals surface area contributed by atoms with Gasteiger partial charge in [0.05, 0.1) is 30.3 Å². The summed E-state index contributed by atoms with van der Waals surface area (Å²) >= 11 is 0. The zero-order valence-electron chi connectivity index (χ0n) is 15.0. The van der Waals surface area contributed by atoms with E-state index < -0.39 is 11.9 Å². The molecular formula is C21H16N4O3. The molecule has 7 heteroatoms. The van der Waals surface area contributed by atoms with Gasteiger partial charge in [-0.3, -0.25) is 9.89 Å². The molecule has 28 heavy (non-hydrogen) atoms. The number of aromatic nitrogens is 2. The summed E-state index contributed by atoms with van der Waals surface area (Å²) in [6, 6.07) is 17.7. The van der Waals surface area contributed by atoms with Gasteiger partial charge in [0.15, 0.2) is 0 Å². The van der Waals surface area contributed by atoms with Crippen molar-refractivity contribution in [2.75, 3.05) is 12.4 Å². The predicted molar refractivity (Wildman–Crippen MR) is 104 cm³/mol. The fourth-order valence-electron chi connectivity index (χ4n) is 2.61. The minimum absolute atomic E-state index is 0.127. The Morgan fingerprint density at radius 3 is 2.57 bits per heavy atom. The van der Waals surface area contributed by atoms with Crippen LogP contribution in [0.4, 0.5) is 5.69 Å². The standard InChI is InChI=1S/C21H16N4O3/c1-28-21(27)17-9-5-6-10-18(17)24-20(26)15(12-22)11-16-13-23-25-19(16)14-7-3-2-4-8-14/h2-11,13H,1H3,(H,23,25)(H,24,26)/b15-11+. The summed E-state index contributed by atoms with van der Waals surface area (Å²) in [5.74, 6) is -1.22. The summed E-state index contributed by atoms with van der Waals surface area (Å²) in [4.78, 5) is 24.4. The van der Waals surface area contributed by atoms with Crippen molar-refractivity contribution in [2.24, 2.45) is 0 Å². The number of nitrogens with one attached hydrogen (secondary N) is 2. The van der Waals surface area contributed by atoms with Crippen molar-refractivity contribution in [3.05, 3.63) is 77.5 Å². The summed E-state index contributed by atoms with van der Waals surface area (Å²) in [5, 5.41) is 18.9. The number of hydrogen-bond donors (Lipinski definition) is 2. The number of carbonyl (C=O) groups excluding carboxylic acids is 2. The average molecular weight is 372 g/mol. The van der Waals surface area contributed by atoms with Crippen molar-refractivity contribution >= 4 is 23.6 Å². The summed E-state index contributed by atoms with van der Waals surface area (Å²) in [7, 11) is 1.26. The van der Waals surface area contributed by atoms with E-state index in [1.807, 2.05) is 36.4 Å². The highest BCUT2D eigenvalue weighted by atomic mass is 16.5. The van der Waals surface area contributed by atoms with Crippen LogP contribution in [-0.2, 0) is 9.53 Å². The van der Waals surface area contributed by atoms with E-state index in [0.29, 0.717) is 11.3 Å². The first kappa shape index (κ1) is 18.6. The molecule has 3 rings (SSSR count). The van der Waals surface area contributed by atoms with Gasteiger partial charge >= 0.3 is 5.97 Å². The number of H-pyrrole nitrogens is 1. The van der Waals surface area contributed by atoms with E-state index >= 15 is 0 Å². The van der Waals surface area contributed by atoms with Crippen LogP contribution < -0.4 is 5.32 Å². The molecule has 0 fully saturated rings. The van der Waals surface area contributed by atoms with Crippen LogP contribution in [0.25, 0.3) is 17.3 Å². The quantitative estimate of drug-likeness (QED) is 0.405. The number of methoxy groups -OCH3 is 1. The van der Waals surface area contributed by atoms with Crippen molar-refractivity contribution in [2.45, 2.75) is 0 Å². The van der Waals surface area contributed by atoms with E-state index in [9.17, 15) is 14.9 Å². The second kappa shape index (κ2) is 8.47. The number of nitrogens with zero attached hydrogens (tertiary/aromatic N) is 2. The number of rotatable bonds is 5. The first-order chi connectivity index (χ1) is 13.6. The van der Waals surface area contributed by atoms with Gasteiger partial charge in [0.25, 0.3) is 5.91 Å². The zero-order valence-corrected chi connectivity index (χ0v) is 15.0. The third-order valence-corrected chi connectivity index (χ3v) is 3.98. The molecule has 0 unspecified atom stereocenters. The molecule has 0 bridgehead atoms.